The summed E-state index contributed by atoms with van der Waals surface area (Å²) in [4.78, 5) is 47.1. The molecule has 136 valence electrons. The van der Waals surface area contributed by atoms with Crippen molar-refractivity contribution in [3.05, 3.63) is 0 Å². The fourth-order valence-corrected chi connectivity index (χ4v) is 3.28. The molecule has 0 aromatic carbocycles. The van der Waals surface area contributed by atoms with E-state index in [-0.39, 0.29) is 0 Å². The Kier molecular flexibility index (Phi) is 5.94. The predicted octanol–water partition coefficient (Wildman–Crippen LogP) is -2.26. The van der Waals surface area contributed by atoms with Crippen molar-refractivity contribution in [1.29, 1.82) is 0 Å². The average Bonchev–Trinajstić information content (AvgIpc) is 2.45. The Bertz CT molecular complexity index is 563. The van der Waals surface area contributed by atoms with Gasteiger partial charge in [0, 0.05) is 6.92 Å². The van der Waals surface area contributed by atoms with Crippen molar-refractivity contribution in [2.45, 2.75) is 62.6 Å². The highest BCUT2D eigenvalue weighted by atomic mass is 32.1. The minimum absolute atomic E-state index is 0.682. The first-order valence-corrected chi connectivity index (χ1v) is 7.59. The van der Waals surface area contributed by atoms with Crippen LogP contribution in [0.4, 0.5) is 0 Å². The highest BCUT2D eigenvalue weighted by molar-refractivity contribution is 7.80. The van der Waals surface area contributed by atoms with E-state index in [4.69, 9.17) is 4.74 Å². The Morgan fingerprint density at radius 2 is 1.50 bits per heavy atom. The van der Waals surface area contributed by atoms with Gasteiger partial charge in [-0.15, -0.1) is 12.6 Å². The predicted molar refractivity (Wildman–Crippen MR) is 83.2 cm³/mol. The molecule has 1 fully saturated rings. The molecule has 1 amide bonds. The second-order valence-corrected chi connectivity index (χ2v) is 6.34. The molecule has 0 spiro atoms. The van der Waals surface area contributed by atoms with Gasteiger partial charge in [0.1, 0.15) is 23.7 Å². The maximum absolute atomic E-state index is 12.1. The van der Waals surface area contributed by atoms with Crippen LogP contribution in [0.1, 0.15) is 27.7 Å². The molecule has 1 aliphatic heterocycles. The van der Waals surface area contributed by atoms with Gasteiger partial charge in [0.25, 0.3) is 0 Å². The standard InChI is InChI=1S/C14H21NO8S/c1-5(16)9(20)11-14(22,7(3)18)13(21,6(2)17)10(12(24)23-11)15-8(4)19/h9-12,20-22,24H,1-4H3,(H,15,19)/t9?,10-,11-,12+,13-,14-/m1/s1. The summed E-state index contributed by atoms with van der Waals surface area (Å²) in [5.41, 5.74) is -7.23. The van der Waals surface area contributed by atoms with E-state index >= 15 is 0 Å². The summed E-state index contributed by atoms with van der Waals surface area (Å²) in [5, 5.41) is 34.0. The highest BCUT2D eigenvalue weighted by Crippen LogP contribution is 2.42. The van der Waals surface area contributed by atoms with Gasteiger partial charge in [-0.3, -0.25) is 19.2 Å². The number of carbonyl (C=O) groups is 4. The van der Waals surface area contributed by atoms with Gasteiger partial charge in [0.2, 0.25) is 5.91 Å². The van der Waals surface area contributed by atoms with Gasteiger partial charge < -0.3 is 25.4 Å². The zero-order chi connectivity index (χ0) is 19.0. The molecule has 10 heteroatoms. The van der Waals surface area contributed by atoms with Crippen molar-refractivity contribution in [3.63, 3.8) is 0 Å². The molecule has 0 bridgehead atoms. The molecule has 0 aromatic rings. The zero-order valence-electron chi connectivity index (χ0n) is 13.6. The van der Waals surface area contributed by atoms with E-state index in [9.17, 15) is 34.5 Å². The molecule has 24 heavy (non-hydrogen) atoms. The molecular formula is C14H21NO8S. The summed E-state index contributed by atoms with van der Waals surface area (Å²) in [6.07, 6.45) is -3.95. The maximum atomic E-state index is 12.1. The summed E-state index contributed by atoms with van der Waals surface area (Å²) in [5.74, 6) is -3.73. The molecule has 6 atom stereocenters. The van der Waals surface area contributed by atoms with Crippen molar-refractivity contribution in [2.24, 2.45) is 0 Å². The molecule has 0 aromatic heterocycles. The Labute approximate surface area is 143 Å². The van der Waals surface area contributed by atoms with Crippen LogP contribution in [0, 0.1) is 0 Å². The number of carbonyl (C=O) groups excluding carboxylic acids is 4. The van der Waals surface area contributed by atoms with Gasteiger partial charge in [0.15, 0.2) is 28.6 Å². The number of hydrogen-bond acceptors (Lipinski definition) is 9. The van der Waals surface area contributed by atoms with Gasteiger partial charge in [-0.2, -0.15) is 0 Å². The number of rotatable bonds is 5. The number of nitrogens with one attached hydrogen (secondary N) is 1. The lowest BCUT2D eigenvalue weighted by Crippen LogP contribution is -2.82. The van der Waals surface area contributed by atoms with Crippen LogP contribution >= 0.6 is 12.6 Å². The molecule has 1 aliphatic rings. The van der Waals surface area contributed by atoms with E-state index in [1.54, 1.807) is 0 Å². The van der Waals surface area contributed by atoms with Gasteiger partial charge in [-0.05, 0) is 20.8 Å². The van der Waals surface area contributed by atoms with Crippen LogP contribution in [-0.2, 0) is 23.9 Å². The average molecular weight is 363 g/mol. The summed E-state index contributed by atoms with van der Waals surface area (Å²) in [7, 11) is 0. The quantitative estimate of drug-likeness (QED) is 0.343. The monoisotopic (exact) mass is 363 g/mol. The van der Waals surface area contributed by atoms with Crippen LogP contribution in [0.3, 0.4) is 0 Å². The Morgan fingerprint density at radius 3 is 1.83 bits per heavy atom. The molecule has 4 N–H and O–H groups in total. The maximum Gasteiger partial charge on any atom is 0.217 e. The molecule has 1 saturated heterocycles. The lowest BCUT2D eigenvalue weighted by atomic mass is 9.66. The summed E-state index contributed by atoms with van der Waals surface area (Å²) in [6.45, 7) is 3.83. The first-order valence-electron chi connectivity index (χ1n) is 7.07. The van der Waals surface area contributed by atoms with Crippen LogP contribution in [0.5, 0.6) is 0 Å². The Balaban J connectivity index is 3.64. The Morgan fingerprint density at radius 1 is 1.04 bits per heavy atom. The topological polar surface area (TPSA) is 150 Å². The van der Waals surface area contributed by atoms with E-state index in [1.165, 1.54) is 0 Å². The van der Waals surface area contributed by atoms with Gasteiger partial charge in [0.05, 0.1) is 0 Å². The minimum atomic E-state index is -2.98. The number of amides is 1. The minimum Gasteiger partial charge on any atom is -0.382 e. The second-order valence-electron chi connectivity index (χ2n) is 5.83. The van der Waals surface area contributed by atoms with Gasteiger partial charge in [-0.25, -0.2) is 0 Å². The molecule has 1 heterocycles. The molecule has 1 unspecified atom stereocenters. The van der Waals surface area contributed by atoms with E-state index in [0.717, 1.165) is 27.7 Å². The van der Waals surface area contributed by atoms with E-state index in [1.807, 2.05) is 0 Å². The van der Waals surface area contributed by atoms with E-state index in [2.05, 4.69) is 17.9 Å². The number of hydrogen-bond donors (Lipinski definition) is 5. The fraction of sp³-hybridized carbons (Fsp3) is 0.714. The highest BCUT2D eigenvalue weighted by Gasteiger charge is 2.71. The van der Waals surface area contributed by atoms with Crippen LogP contribution < -0.4 is 5.32 Å². The number of Topliss-reactive ketones (excluding diaryl/α,β-unsaturated/α-hetero) is 3. The van der Waals surface area contributed by atoms with Gasteiger partial charge >= 0.3 is 0 Å². The van der Waals surface area contributed by atoms with Crippen molar-refractivity contribution in [2.75, 3.05) is 0 Å². The lowest BCUT2D eigenvalue weighted by molar-refractivity contribution is -0.265. The zero-order valence-corrected chi connectivity index (χ0v) is 14.5. The van der Waals surface area contributed by atoms with Crippen molar-refractivity contribution in [3.8, 4) is 0 Å². The van der Waals surface area contributed by atoms with Crippen molar-refractivity contribution in [1.82, 2.24) is 5.32 Å². The van der Waals surface area contributed by atoms with Crippen molar-refractivity contribution >= 4 is 35.9 Å². The van der Waals surface area contributed by atoms with Crippen LogP contribution in [0.2, 0.25) is 0 Å². The fourth-order valence-electron chi connectivity index (χ4n) is 2.85. The van der Waals surface area contributed by atoms with E-state index in [0.29, 0.717) is 0 Å². The summed E-state index contributed by atoms with van der Waals surface area (Å²) in [6, 6.07) is -1.60. The first kappa shape index (κ1) is 20.7. The SMILES string of the molecule is CC(=O)N[C@@H]1[C@H](S)O[C@H](C(O)C(C)=O)[C@](O)(C(C)=O)[C@@]1(O)C(C)=O. The number of aliphatic hydroxyl groups is 3. The summed E-state index contributed by atoms with van der Waals surface area (Å²) < 4.78 is 5.24. The number of thiol groups is 1. The number of aliphatic hydroxyl groups excluding tert-OH is 1. The molecule has 0 aliphatic carbocycles. The van der Waals surface area contributed by atoms with Crippen LogP contribution in [0.25, 0.3) is 0 Å². The van der Waals surface area contributed by atoms with Crippen LogP contribution in [-0.4, -0.2) is 73.5 Å². The molecule has 9 nitrogen and oxygen atoms in total. The Hall–Kier alpha value is -1.33. The van der Waals surface area contributed by atoms with Crippen molar-refractivity contribution < 1.29 is 39.2 Å². The third-order valence-electron chi connectivity index (χ3n) is 4.15. The van der Waals surface area contributed by atoms with Crippen LogP contribution in [0.15, 0.2) is 0 Å². The van der Waals surface area contributed by atoms with Gasteiger partial charge in [-0.1, -0.05) is 0 Å². The third-order valence-corrected chi connectivity index (χ3v) is 4.57. The number of ether oxygens (including phenoxy) is 1. The summed E-state index contributed by atoms with van der Waals surface area (Å²) >= 11 is 4.01. The number of ketones is 3. The third kappa shape index (κ3) is 3.00. The molecular weight excluding hydrogens is 342 g/mol. The second kappa shape index (κ2) is 6.89. The lowest BCUT2D eigenvalue weighted by Gasteiger charge is -2.54. The largest absolute Gasteiger partial charge is 0.382 e. The molecule has 1 rings (SSSR count). The van der Waals surface area contributed by atoms with E-state index < -0.39 is 58.1 Å². The smallest absolute Gasteiger partial charge is 0.217 e. The molecule has 0 radical (unpaired) electrons. The normalized spacial score (nSPS) is 37.4. The molecule has 0 saturated carbocycles. The first-order chi connectivity index (χ1) is 10.8.